The third kappa shape index (κ3) is 11.0. The van der Waals surface area contributed by atoms with Crippen molar-refractivity contribution >= 4 is 31.6 Å². The number of nitrogens with one attached hydrogen (secondary N) is 2. The van der Waals surface area contributed by atoms with E-state index in [2.05, 4.69) is 9.44 Å². The summed E-state index contributed by atoms with van der Waals surface area (Å²) in [7, 11) is -6.53. The van der Waals surface area contributed by atoms with Gasteiger partial charge in [-0.25, -0.2) is 26.3 Å². The molecule has 0 aliphatic carbocycles. The fraction of sp³-hybridized carbons (Fsp3) is 1.00. The molecule has 17 heavy (non-hydrogen) atoms. The van der Waals surface area contributed by atoms with Gasteiger partial charge in [0.2, 0.25) is 20.0 Å². The second-order valence-corrected chi connectivity index (χ2v) is 7.95. The van der Waals surface area contributed by atoms with Crippen LogP contribution in [0.25, 0.3) is 0 Å². The van der Waals surface area contributed by atoms with Crippen LogP contribution in [0, 0.1) is 5.92 Å². The van der Waals surface area contributed by atoms with E-state index in [1.54, 1.807) is 6.92 Å². The third-order valence-corrected chi connectivity index (χ3v) is 4.71. The Morgan fingerprint density at radius 2 is 1.65 bits per heavy atom. The maximum atomic E-state index is 11.5. The largest absolute Gasteiger partial charge is 0.215 e. The van der Waals surface area contributed by atoms with Gasteiger partial charge in [-0.1, -0.05) is 6.92 Å². The van der Waals surface area contributed by atoms with Crippen LogP contribution in [0.1, 0.15) is 13.3 Å². The van der Waals surface area contributed by atoms with Crippen molar-refractivity contribution in [2.24, 2.45) is 5.92 Å². The highest BCUT2D eigenvalue weighted by Gasteiger charge is 2.14. The topological polar surface area (TPSA) is 92.3 Å². The average Bonchev–Trinajstić information content (AvgIpc) is 2.14. The lowest BCUT2D eigenvalue weighted by molar-refractivity contribution is 0.565. The summed E-state index contributed by atoms with van der Waals surface area (Å²) < 4.78 is 49.0. The molecule has 0 fully saturated rings. The molecule has 0 aliphatic heterocycles. The first kappa shape index (κ1) is 17.1. The number of halogens is 1. The van der Waals surface area contributed by atoms with Gasteiger partial charge in [0.15, 0.2) is 0 Å². The van der Waals surface area contributed by atoms with Crippen molar-refractivity contribution < 1.29 is 16.8 Å². The smallest absolute Gasteiger partial charge is 0.211 e. The minimum absolute atomic E-state index is 0.0179. The Morgan fingerprint density at radius 1 is 1.12 bits per heavy atom. The van der Waals surface area contributed by atoms with Crippen LogP contribution in [0.2, 0.25) is 0 Å². The summed E-state index contributed by atoms with van der Waals surface area (Å²) in [4.78, 5) is 0. The van der Waals surface area contributed by atoms with Crippen molar-refractivity contribution in [2.75, 3.05) is 31.0 Å². The van der Waals surface area contributed by atoms with Crippen LogP contribution in [0.3, 0.4) is 0 Å². The quantitative estimate of drug-likeness (QED) is 0.453. The molecule has 2 N–H and O–H groups in total. The number of hydrogen-bond acceptors (Lipinski definition) is 4. The predicted octanol–water partition coefficient (Wildman–Crippen LogP) is -0.280. The molecule has 0 aromatic heterocycles. The predicted molar refractivity (Wildman–Crippen MR) is 69.1 cm³/mol. The van der Waals surface area contributed by atoms with E-state index in [0.717, 1.165) is 6.26 Å². The Labute approximate surface area is 108 Å². The summed E-state index contributed by atoms with van der Waals surface area (Å²) in [6.45, 7) is 2.17. The molecule has 0 spiro atoms. The summed E-state index contributed by atoms with van der Waals surface area (Å²) in [5.74, 6) is 0.162. The van der Waals surface area contributed by atoms with E-state index < -0.39 is 20.0 Å². The van der Waals surface area contributed by atoms with Crippen LogP contribution in [0.15, 0.2) is 0 Å². The molecule has 0 aliphatic rings. The fourth-order valence-electron chi connectivity index (χ4n) is 1.05. The summed E-state index contributed by atoms with van der Waals surface area (Å²) in [6, 6.07) is 0. The van der Waals surface area contributed by atoms with Gasteiger partial charge in [-0.15, -0.1) is 11.6 Å². The Morgan fingerprint density at radius 3 is 2.12 bits per heavy atom. The zero-order chi connectivity index (χ0) is 13.5. The minimum Gasteiger partial charge on any atom is -0.215 e. The lowest BCUT2D eigenvalue weighted by Crippen LogP contribution is -2.32. The molecular weight excluding hydrogens is 288 g/mol. The summed E-state index contributed by atoms with van der Waals surface area (Å²) in [5.41, 5.74) is 0. The van der Waals surface area contributed by atoms with E-state index in [-0.39, 0.29) is 30.6 Å². The molecule has 104 valence electrons. The molecular formula is C8H19ClN2O4S2. The first-order valence-corrected chi connectivity index (χ1v) is 9.22. The van der Waals surface area contributed by atoms with Gasteiger partial charge >= 0.3 is 0 Å². The zero-order valence-corrected chi connectivity index (χ0v) is 12.3. The van der Waals surface area contributed by atoms with Crippen molar-refractivity contribution in [3.05, 3.63) is 0 Å². The number of hydrogen-bond donors (Lipinski definition) is 2. The molecule has 1 unspecified atom stereocenters. The Hall–Kier alpha value is 0.110. The van der Waals surface area contributed by atoms with Gasteiger partial charge in [-0.3, -0.25) is 0 Å². The van der Waals surface area contributed by atoms with Gasteiger partial charge in [-0.2, -0.15) is 0 Å². The first-order chi connectivity index (χ1) is 7.66. The van der Waals surface area contributed by atoms with Crippen molar-refractivity contribution in [2.45, 2.75) is 13.3 Å². The Balaban J connectivity index is 3.81. The molecule has 0 saturated heterocycles. The van der Waals surface area contributed by atoms with Crippen molar-refractivity contribution in [1.29, 1.82) is 0 Å². The van der Waals surface area contributed by atoms with Gasteiger partial charge in [0.05, 0.1) is 12.0 Å². The normalized spacial score (nSPS) is 14.8. The average molecular weight is 307 g/mol. The Kier molecular flexibility index (Phi) is 7.57. The van der Waals surface area contributed by atoms with Gasteiger partial charge in [0.1, 0.15) is 0 Å². The lowest BCUT2D eigenvalue weighted by Gasteiger charge is -2.10. The van der Waals surface area contributed by atoms with Crippen LogP contribution < -0.4 is 9.44 Å². The van der Waals surface area contributed by atoms with E-state index in [1.807, 2.05) is 0 Å². The molecule has 0 bridgehead atoms. The number of sulfonamides is 2. The highest BCUT2D eigenvalue weighted by molar-refractivity contribution is 7.89. The van der Waals surface area contributed by atoms with Gasteiger partial charge in [0.25, 0.3) is 0 Å². The molecule has 0 saturated carbocycles. The summed E-state index contributed by atoms with van der Waals surface area (Å²) >= 11 is 5.52. The summed E-state index contributed by atoms with van der Waals surface area (Å²) in [6.07, 6.45) is 1.46. The highest BCUT2D eigenvalue weighted by Crippen LogP contribution is 2.01. The number of alkyl halides is 1. The molecule has 1 atom stereocenters. The van der Waals surface area contributed by atoms with Crippen LogP contribution in [-0.4, -0.2) is 47.8 Å². The molecule has 6 nitrogen and oxygen atoms in total. The molecule has 9 heteroatoms. The SMILES string of the molecule is CC(CCl)CS(=O)(=O)NCCCNS(C)(=O)=O. The van der Waals surface area contributed by atoms with E-state index in [9.17, 15) is 16.8 Å². The standard InChI is InChI=1S/C8H19ClN2O4S2/c1-8(6-9)7-17(14,15)11-5-3-4-10-16(2,12)13/h8,10-11H,3-7H2,1-2H3. The molecule has 0 amide bonds. The fourth-order valence-corrected chi connectivity index (χ4v) is 3.25. The van der Waals surface area contributed by atoms with Crippen molar-refractivity contribution in [1.82, 2.24) is 9.44 Å². The first-order valence-electron chi connectivity index (χ1n) is 5.14. The van der Waals surface area contributed by atoms with E-state index >= 15 is 0 Å². The molecule has 0 aromatic carbocycles. The minimum atomic E-state index is -3.32. The van der Waals surface area contributed by atoms with Gasteiger partial charge < -0.3 is 0 Å². The second kappa shape index (κ2) is 7.52. The maximum Gasteiger partial charge on any atom is 0.211 e. The highest BCUT2D eigenvalue weighted by atomic mass is 35.5. The second-order valence-electron chi connectivity index (χ2n) is 3.96. The molecule has 0 heterocycles. The Bertz CT molecular complexity index is 407. The maximum absolute atomic E-state index is 11.5. The molecule has 0 radical (unpaired) electrons. The van der Waals surface area contributed by atoms with Crippen molar-refractivity contribution in [3.8, 4) is 0 Å². The van der Waals surface area contributed by atoms with Crippen LogP contribution in [0.5, 0.6) is 0 Å². The number of rotatable bonds is 9. The van der Waals surface area contributed by atoms with Crippen molar-refractivity contribution in [3.63, 3.8) is 0 Å². The van der Waals surface area contributed by atoms with Gasteiger partial charge in [0, 0.05) is 19.0 Å². The van der Waals surface area contributed by atoms with Crippen LogP contribution in [0.4, 0.5) is 0 Å². The van der Waals surface area contributed by atoms with E-state index in [1.165, 1.54) is 0 Å². The molecule has 0 rings (SSSR count). The van der Waals surface area contributed by atoms with E-state index in [4.69, 9.17) is 11.6 Å². The van der Waals surface area contributed by atoms with Crippen LogP contribution >= 0.6 is 11.6 Å². The lowest BCUT2D eigenvalue weighted by atomic mass is 10.3. The van der Waals surface area contributed by atoms with Gasteiger partial charge in [-0.05, 0) is 12.3 Å². The summed E-state index contributed by atoms with van der Waals surface area (Å²) in [5, 5.41) is 0. The third-order valence-electron chi connectivity index (χ3n) is 1.81. The van der Waals surface area contributed by atoms with Crippen LogP contribution in [-0.2, 0) is 20.0 Å². The van der Waals surface area contributed by atoms with E-state index in [0.29, 0.717) is 6.42 Å². The zero-order valence-electron chi connectivity index (χ0n) is 9.94. The molecule has 0 aromatic rings. The monoisotopic (exact) mass is 306 g/mol.